The van der Waals surface area contributed by atoms with Gasteiger partial charge in [-0.15, -0.1) is 0 Å². The number of hydrogen-bond acceptors (Lipinski definition) is 8. The number of carbonyl (C=O) groups excluding carboxylic acids is 1. The fraction of sp³-hybridized carbons (Fsp3) is 0.194. The number of pyridine rings is 1. The fourth-order valence-electron chi connectivity index (χ4n) is 6.21. The smallest absolute Gasteiger partial charge is 0.255 e. The van der Waals surface area contributed by atoms with Gasteiger partial charge in [0.1, 0.15) is 28.5 Å². The van der Waals surface area contributed by atoms with Crippen molar-refractivity contribution in [3.8, 4) is 22.6 Å². The Labute approximate surface area is 287 Å². The molecule has 11 nitrogen and oxygen atoms in total. The maximum absolute atomic E-state index is 15.1. The van der Waals surface area contributed by atoms with E-state index in [0.717, 1.165) is 16.1 Å². The number of sulfonamides is 1. The Kier molecular flexibility index (Phi) is 8.45. The van der Waals surface area contributed by atoms with E-state index in [9.17, 15) is 17.8 Å². The van der Waals surface area contributed by atoms with E-state index in [2.05, 4.69) is 5.32 Å². The highest BCUT2D eigenvalue weighted by molar-refractivity contribution is 7.92. The molecule has 3 aromatic carbocycles. The Hall–Kier alpha value is -5.10. The zero-order valence-corrected chi connectivity index (χ0v) is 29.7. The predicted octanol–water partition coefficient (Wildman–Crippen LogP) is 7.33. The first-order valence-corrected chi connectivity index (χ1v) is 19.2. The number of rotatable bonds is 9. The summed E-state index contributed by atoms with van der Waals surface area (Å²) in [5.74, 6) is -0.0566. The van der Waals surface area contributed by atoms with Gasteiger partial charge in [-0.1, -0.05) is 35.9 Å². The van der Waals surface area contributed by atoms with Crippen molar-refractivity contribution in [2.45, 2.75) is 20.0 Å². The van der Waals surface area contributed by atoms with E-state index in [4.69, 9.17) is 18.9 Å². The molecule has 1 amide bonds. The van der Waals surface area contributed by atoms with Crippen LogP contribution in [-0.4, -0.2) is 55.7 Å². The summed E-state index contributed by atoms with van der Waals surface area (Å²) in [4.78, 5) is 23.2. The van der Waals surface area contributed by atoms with Gasteiger partial charge in [0.15, 0.2) is 8.03 Å². The quantitative estimate of drug-likeness (QED) is 0.154. The minimum absolute atomic E-state index is 0.0268. The van der Waals surface area contributed by atoms with Gasteiger partial charge in [-0.05, 0) is 50.2 Å². The molecule has 4 heterocycles. The van der Waals surface area contributed by atoms with E-state index in [1.54, 1.807) is 53.8 Å². The number of aromatic nitrogens is 3. The molecule has 0 aliphatic rings. The molecule has 0 spiro atoms. The maximum Gasteiger partial charge on any atom is 0.255 e. The average Bonchev–Trinajstić information content (AvgIpc) is 3.67. The third-order valence-corrected chi connectivity index (χ3v) is 11.1. The lowest BCUT2D eigenvalue weighted by atomic mass is 10.00. The van der Waals surface area contributed by atoms with Gasteiger partial charge in [-0.3, -0.25) is 18.1 Å². The van der Waals surface area contributed by atoms with Gasteiger partial charge in [-0.25, -0.2) is 22.8 Å². The summed E-state index contributed by atoms with van der Waals surface area (Å²) in [5.41, 5.74) is 5.26. The van der Waals surface area contributed by atoms with Gasteiger partial charge in [-0.2, -0.15) is 0 Å². The van der Waals surface area contributed by atoms with Gasteiger partial charge < -0.3 is 14.3 Å². The summed E-state index contributed by atoms with van der Waals surface area (Å²) in [5, 5.41) is 3.49. The second-order valence-corrected chi connectivity index (χ2v) is 15.4. The van der Waals surface area contributed by atoms with Crippen LogP contribution in [-0.2, 0) is 25.3 Å². The molecule has 50 heavy (non-hydrogen) atoms. The number of aryl methyl sites for hydroxylation is 1. The molecule has 1 atom stereocenters. The highest BCUT2D eigenvalue weighted by atomic mass is 32.2. The number of carbonyl (C=O) groups is 1. The molecule has 0 radical (unpaired) electrons. The number of benzene rings is 3. The highest BCUT2D eigenvalue weighted by Gasteiger charge is 2.27. The van der Waals surface area contributed by atoms with Gasteiger partial charge in [0, 0.05) is 42.1 Å². The van der Waals surface area contributed by atoms with Gasteiger partial charge in [0.25, 0.3) is 5.91 Å². The summed E-state index contributed by atoms with van der Waals surface area (Å²) in [6, 6.07) is 20.6. The number of furan rings is 1. The Bertz CT molecular complexity index is 2640. The molecule has 0 aliphatic heterocycles. The zero-order valence-electron chi connectivity index (χ0n) is 27.9. The average molecular weight is 714 g/mol. The number of hydrogen-bond donors (Lipinski definition) is 1. The van der Waals surface area contributed by atoms with Crippen LogP contribution in [0.25, 0.3) is 61.0 Å². The molecule has 4 aromatic heterocycles. The van der Waals surface area contributed by atoms with Crippen molar-refractivity contribution < 1.29 is 31.1 Å². The summed E-state index contributed by atoms with van der Waals surface area (Å²) in [7, 11) is -3.30. The number of halogens is 1. The second-order valence-electron chi connectivity index (χ2n) is 12.0. The summed E-state index contributed by atoms with van der Waals surface area (Å²) < 4.78 is 68.3. The molecule has 0 bridgehead atoms. The van der Waals surface area contributed by atoms with Crippen LogP contribution in [0.2, 0.25) is 0 Å². The van der Waals surface area contributed by atoms with Crippen LogP contribution >= 0.6 is 8.03 Å². The van der Waals surface area contributed by atoms with E-state index in [1.807, 2.05) is 31.2 Å². The molecule has 256 valence electrons. The Balaban J connectivity index is 1.53. The minimum Gasteiger partial charge on any atom is -0.455 e. The number of nitrogens with zero attached hydrogens (tertiary/aromatic N) is 4. The van der Waals surface area contributed by atoms with Gasteiger partial charge >= 0.3 is 0 Å². The lowest BCUT2D eigenvalue weighted by molar-refractivity contribution is 0.0964. The Morgan fingerprint density at radius 3 is 2.50 bits per heavy atom. The third-order valence-electron chi connectivity index (χ3n) is 8.71. The van der Waals surface area contributed by atoms with Crippen LogP contribution < -0.4 is 9.62 Å². The SMILES string of the molecule is CCO[PH](=O)Cc1nc2ccc(-c3cc4c(C(=O)NC)c(-c5ccc(C)cc5)oc4cc3N(C)S(C)(=O)=O)nc2c2cc3c(F)cccc3n12. The fourth-order valence-corrected chi connectivity index (χ4v) is 7.64. The molecule has 0 saturated carbocycles. The second kappa shape index (κ2) is 12.7. The van der Waals surface area contributed by atoms with Crippen molar-refractivity contribution in [3.05, 3.63) is 95.6 Å². The van der Waals surface area contributed by atoms with E-state index < -0.39 is 23.9 Å². The monoisotopic (exact) mass is 713 g/mol. The van der Waals surface area contributed by atoms with Crippen LogP contribution in [0.3, 0.4) is 0 Å². The van der Waals surface area contributed by atoms with E-state index in [0.29, 0.717) is 66.8 Å². The van der Waals surface area contributed by atoms with Crippen molar-refractivity contribution in [1.82, 2.24) is 19.7 Å². The maximum atomic E-state index is 15.1. The van der Waals surface area contributed by atoms with Crippen LogP contribution in [0.5, 0.6) is 0 Å². The van der Waals surface area contributed by atoms with Crippen molar-refractivity contribution in [1.29, 1.82) is 0 Å². The van der Waals surface area contributed by atoms with Gasteiger partial charge in [0.2, 0.25) is 10.0 Å². The van der Waals surface area contributed by atoms with E-state index in [1.165, 1.54) is 20.2 Å². The van der Waals surface area contributed by atoms with Crippen LogP contribution in [0.4, 0.5) is 10.1 Å². The topological polar surface area (TPSA) is 136 Å². The standard InChI is InChI=1S/C36H33FN5O6PS/c1-6-47-49(44)19-32-39-27-15-14-26(40-34(27)30-17-22-25(37)8-7-9-28(22)42(30)32)23-16-24-31(18-29(23)41(4)50(5,45)46)48-35(33(24)36(43)38-3)21-12-10-20(2)11-13-21/h7-18,49H,6,19H2,1-5H3,(H,38,43). The lowest BCUT2D eigenvalue weighted by Crippen LogP contribution is -2.25. The van der Waals surface area contributed by atoms with E-state index in [-0.39, 0.29) is 29.9 Å². The molecule has 7 aromatic rings. The Morgan fingerprint density at radius 2 is 1.80 bits per heavy atom. The number of fused-ring (bicyclic) bond motifs is 6. The molecular weight excluding hydrogens is 680 g/mol. The first-order chi connectivity index (χ1) is 23.9. The minimum atomic E-state index is -3.77. The van der Waals surface area contributed by atoms with Crippen LogP contribution in [0.15, 0.2) is 77.2 Å². The number of amides is 1. The molecule has 0 fully saturated rings. The van der Waals surface area contributed by atoms with Crippen molar-refractivity contribution >= 4 is 68.1 Å². The summed E-state index contributed by atoms with van der Waals surface area (Å²) >= 11 is 0. The lowest BCUT2D eigenvalue weighted by Gasteiger charge is -2.20. The number of anilines is 1. The molecule has 0 aliphatic carbocycles. The third kappa shape index (κ3) is 5.70. The summed E-state index contributed by atoms with van der Waals surface area (Å²) in [6.45, 7) is 3.99. The number of nitrogens with one attached hydrogen (secondary N) is 1. The van der Waals surface area contributed by atoms with Crippen molar-refractivity contribution in [2.75, 3.05) is 31.3 Å². The normalized spacial score (nSPS) is 12.7. The van der Waals surface area contributed by atoms with Crippen LogP contribution in [0.1, 0.15) is 28.7 Å². The van der Waals surface area contributed by atoms with E-state index >= 15 is 4.39 Å². The van der Waals surface area contributed by atoms with Crippen molar-refractivity contribution in [2.24, 2.45) is 0 Å². The zero-order chi connectivity index (χ0) is 35.5. The summed E-state index contributed by atoms with van der Waals surface area (Å²) in [6.07, 6.45) is 1.12. The van der Waals surface area contributed by atoms with Gasteiger partial charge in [0.05, 0.1) is 52.5 Å². The molecular formula is C36H33FN5O6PS. The molecule has 7 rings (SSSR count). The first kappa shape index (κ1) is 33.4. The molecule has 0 saturated heterocycles. The predicted molar refractivity (Wildman–Crippen MR) is 194 cm³/mol. The van der Waals surface area contributed by atoms with Crippen LogP contribution in [0, 0.1) is 12.7 Å². The molecule has 1 unspecified atom stereocenters. The highest BCUT2D eigenvalue weighted by Crippen LogP contribution is 2.42. The first-order valence-electron chi connectivity index (χ1n) is 15.8. The molecule has 1 N–H and O–H groups in total. The molecule has 14 heteroatoms. The largest absolute Gasteiger partial charge is 0.455 e. The van der Waals surface area contributed by atoms with Crippen molar-refractivity contribution in [3.63, 3.8) is 0 Å². The Morgan fingerprint density at radius 1 is 1.04 bits per heavy atom.